The van der Waals surface area contributed by atoms with E-state index in [9.17, 15) is 9.59 Å². The molecule has 0 bridgehead atoms. The Hall–Kier alpha value is -2.41. The van der Waals surface area contributed by atoms with Gasteiger partial charge in [0.2, 0.25) is 5.91 Å². The molecule has 29 heavy (non-hydrogen) atoms. The highest BCUT2D eigenvalue weighted by atomic mass is 32.1. The van der Waals surface area contributed by atoms with Gasteiger partial charge in [0.25, 0.3) is 0 Å². The van der Waals surface area contributed by atoms with Crippen LogP contribution in [0.2, 0.25) is 0 Å². The van der Waals surface area contributed by atoms with Gasteiger partial charge in [-0.1, -0.05) is 52.0 Å². The van der Waals surface area contributed by atoms with Gasteiger partial charge in [0, 0.05) is 18.5 Å². The predicted molar refractivity (Wildman–Crippen MR) is 117 cm³/mol. The highest BCUT2D eigenvalue weighted by Gasteiger charge is 2.24. The first-order valence-corrected chi connectivity index (χ1v) is 11.1. The third kappa shape index (κ3) is 5.56. The summed E-state index contributed by atoms with van der Waals surface area (Å²) in [6, 6.07) is 8.38. The number of hydrogen-bond acceptors (Lipinski definition) is 4. The molecule has 7 heteroatoms. The average Bonchev–Trinajstić information content (AvgIpc) is 3.28. The number of urea groups is 1. The van der Waals surface area contributed by atoms with Crippen molar-refractivity contribution in [2.45, 2.75) is 46.6 Å². The molecule has 156 valence electrons. The summed E-state index contributed by atoms with van der Waals surface area (Å²) >= 11 is 1.39. The van der Waals surface area contributed by atoms with Crippen LogP contribution < -0.4 is 15.5 Å². The zero-order valence-corrected chi connectivity index (χ0v) is 18.4. The maximum absolute atomic E-state index is 12.7. The van der Waals surface area contributed by atoms with Crippen molar-refractivity contribution in [3.8, 4) is 0 Å². The van der Waals surface area contributed by atoms with Crippen molar-refractivity contribution in [2.24, 2.45) is 11.8 Å². The van der Waals surface area contributed by atoms with Crippen LogP contribution >= 0.6 is 11.3 Å². The van der Waals surface area contributed by atoms with Gasteiger partial charge in [0.1, 0.15) is 0 Å². The topological polar surface area (TPSA) is 74.3 Å². The van der Waals surface area contributed by atoms with Crippen molar-refractivity contribution < 1.29 is 9.59 Å². The first-order chi connectivity index (χ1) is 13.8. The molecule has 1 aromatic heterocycles. The molecule has 0 spiro atoms. The van der Waals surface area contributed by atoms with Gasteiger partial charge in [0.15, 0.2) is 5.13 Å². The fraction of sp³-hybridized carbons (Fsp3) is 0.500. The second-order valence-electron chi connectivity index (χ2n) is 8.31. The van der Waals surface area contributed by atoms with Crippen LogP contribution in [0.15, 0.2) is 29.6 Å². The van der Waals surface area contributed by atoms with E-state index in [0.29, 0.717) is 29.8 Å². The molecule has 1 unspecified atom stereocenters. The van der Waals surface area contributed by atoms with Crippen LogP contribution in [0.1, 0.15) is 50.6 Å². The lowest BCUT2D eigenvalue weighted by Crippen LogP contribution is -2.33. The zero-order valence-electron chi connectivity index (χ0n) is 17.6. The number of carbonyl (C=O) groups is 2. The van der Waals surface area contributed by atoms with Gasteiger partial charge in [-0.05, 0) is 29.4 Å². The molecule has 1 saturated heterocycles. The number of nitrogens with zero attached hydrogens (tertiary/aromatic N) is 2. The average molecular weight is 415 g/mol. The fourth-order valence-corrected chi connectivity index (χ4v) is 4.36. The molecule has 6 nitrogen and oxygen atoms in total. The summed E-state index contributed by atoms with van der Waals surface area (Å²) in [4.78, 5) is 30.5. The molecule has 0 radical (unpaired) electrons. The molecule has 1 atom stereocenters. The Balaban J connectivity index is 1.62. The van der Waals surface area contributed by atoms with Gasteiger partial charge in [-0.15, -0.1) is 11.3 Å². The normalized spacial score (nSPS) is 15.1. The van der Waals surface area contributed by atoms with Gasteiger partial charge in [-0.2, -0.15) is 0 Å². The van der Waals surface area contributed by atoms with Crippen LogP contribution in [-0.4, -0.2) is 30.0 Å². The Labute approximate surface area is 176 Å². The summed E-state index contributed by atoms with van der Waals surface area (Å²) in [7, 11) is 0. The Morgan fingerprint density at radius 3 is 2.55 bits per heavy atom. The Kier molecular flexibility index (Phi) is 6.90. The lowest BCUT2D eigenvalue weighted by Gasteiger charge is -2.23. The molecule has 1 fully saturated rings. The third-order valence-corrected chi connectivity index (χ3v) is 5.85. The van der Waals surface area contributed by atoms with Crippen molar-refractivity contribution in [2.75, 3.05) is 18.0 Å². The lowest BCUT2D eigenvalue weighted by atomic mass is 9.93. The smallest absolute Gasteiger partial charge is 0.323 e. The lowest BCUT2D eigenvalue weighted by molar-refractivity contribution is -0.121. The molecular weight excluding hydrogens is 384 g/mol. The first-order valence-electron chi connectivity index (χ1n) is 10.2. The number of anilines is 1. The monoisotopic (exact) mass is 414 g/mol. The van der Waals surface area contributed by atoms with Crippen LogP contribution in [0, 0.1) is 11.8 Å². The Bertz CT molecular complexity index is 845. The van der Waals surface area contributed by atoms with Crippen LogP contribution in [0.3, 0.4) is 0 Å². The summed E-state index contributed by atoms with van der Waals surface area (Å²) in [5.74, 6) is 0.836. The number of thiazole rings is 1. The van der Waals surface area contributed by atoms with Gasteiger partial charge < -0.3 is 10.6 Å². The second-order valence-corrected chi connectivity index (χ2v) is 9.15. The molecule has 3 amide bonds. The molecule has 1 aromatic carbocycles. The number of hydrogen-bond donors (Lipinski definition) is 2. The standard InChI is InChI=1S/C22H30N4O2S/c1-14(2)11-16-5-7-17(8-6-16)20(15(3)4)25-19(27)12-18-13-29-22(24-18)26-10-9-23-21(26)28/h5-8,13-15,20H,9-12H2,1-4H3,(H,23,28)(H,25,27). The number of carbonyl (C=O) groups excluding carboxylic acids is 2. The number of amides is 3. The van der Waals surface area contributed by atoms with E-state index in [0.717, 1.165) is 12.0 Å². The SMILES string of the molecule is CC(C)Cc1ccc(C(NC(=O)Cc2csc(N3CCNC3=O)n2)C(C)C)cc1. The molecule has 2 aromatic rings. The van der Waals surface area contributed by atoms with E-state index in [1.54, 1.807) is 4.90 Å². The fourth-order valence-electron chi connectivity index (χ4n) is 3.51. The number of benzene rings is 1. The molecule has 1 aliphatic rings. The van der Waals surface area contributed by atoms with E-state index in [2.05, 4.69) is 67.6 Å². The van der Waals surface area contributed by atoms with Gasteiger partial charge in [-0.3, -0.25) is 9.69 Å². The quantitative estimate of drug-likeness (QED) is 0.687. The van der Waals surface area contributed by atoms with Crippen molar-refractivity contribution in [3.05, 3.63) is 46.5 Å². The molecule has 1 aliphatic heterocycles. The summed E-state index contributed by atoms with van der Waals surface area (Å²) in [5.41, 5.74) is 3.13. The Morgan fingerprint density at radius 2 is 1.97 bits per heavy atom. The van der Waals surface area contributed by atoms with Crippen molar-refractivity contribution in [1.82, 2.24) is 15.6 Å². The van der Waals surface area contributed by atoms with Crippen LogP contribution in [0.25, 0.3) is 0 Å². The predicted octanol–water partition coefficient (Wildman–Crippen LogP) is 3.93. The van der Waals surface area contributed by atoms with E-state index in [-0.39, 0.29) is 30.3 Å². The van der Waals surface area contributed by atoms with Crippen LogP contribution in [0.5, 0.6) is 0 Å². The third-order valence-electron chi connectivity index (χ3n) is 4.93. The summed E-state index contributed by atoms with van der Waals surface area (Å²) in [5, 5.41) is 8.42. The Morgan fingerprint density at radius 1 is 1.24 bits per heavy atom. The minimum absolute atomic E-state index is 0.0435. The molecule has 2 N–H and O–H groups in total. The van der Waals surface area contributed by atoms with Crippen molar-refractivity contribution in [1.29, 1.82) is 0 Å². The van der Waals surface area contributed by atoms with Gasteiger partial charge in [-0.25, -0.2) is 9.78 Å². The van der Waals surface area contributed by atoms with Gasteiger partial charge >= 0.3 is 6.03 Å². The minimum Gasteiger partial charge on any atom is -0.349 e. The summed E-state index contributed by atoms with van der Waals surface area (Å²) in [6.07, 6.45) is 1.26. The second kappa shape index (κ2) is 9.39. The first kappa shape index (κ1) is 21.3. The summed E-state index contributed by atoms with van der Waals surface area (Å²) in [6.45, 7) is 9.89. The van der Waals surface area contributed by atoms with E-state index in [1.165, 1.54) is 16.9 Å². The molecule has 0 saturated carbocycles. The highest BCUT2D eigenvalue weighted by molar-refractivity contribution is 7.14. The maximum atomic E-state index is 12.7. The van der Waals surface area contributed by atoms with E-state index in [1.807, 2.05) is 5.38 Å². The van der Waals surface area contributed by atoms with E-state index >= 15 is 0 Å². The van der Waals surface area contributed by atoms with Crippen LogP contribution in [-0.2, 0) is 17.6 Å². The molecule has 2 heterocycles. The molecule has 0 aliphatic carbocycles. The summed E-state index contributed by atoms with van der Waals surface area (Å²) < 4.78 is 0. The van der Waals surface area contributed by atoms with Gasteiger partial charge in [0.05, 0.1) is 18.2 Å². The number of aromatic nitrogens is 1. The van der Waals surface area contributed by atoms with Crippen molar-refractivity contribution >= 4 is 28.4 Å². The van der Waals surface area contributed by atoms with Crippen LogP contribution in [0.4, 0.5) is 9.93 Å². The minimum atomic E-state index is -0.129. The molecule has 3 rings (SSSR count). The highest BCUT2D eigenvalue weighted by Crippen LogP contribution is 2.25. The number of nitrogens with one attached hydrogen (secondary N) is 2. The number of rotatable bonds is 8. The zero-order chi connectivity index (χ0) is 21.0. The van der Waals surface area contributed by atoms with E-state index in [4.69, 9.17) is 0 Å². The van der Waals surface area contributed by atoms with Crippen molar-refractivity contribution in [3.63, 3.8) is 0 Å². The van der Waals surface area contributed by atoms with E-state index < -0.39 is 0 Å². The largest absolute Gasteiger partial charge is 0.349 e. The molecular formula is C22H30N4O2S. The maximum Gasteiger partial charge on any atom is 0.323 e.